The fourth-order valence-electron chi connectivity index (χ4n) is 2.32. The van der Waals surface area contributed by atoms with Crippen molar-refractivity contribution in [2.45, 2.75) is 45.1 Å². The van der Waals surface area contributed by atoms with Gasteiger partial charge in [-0.15, -0.1) is 0 Å². The van der Waals surface area contributed by atoms with Crippen molar-refractivity contribution in [3.05, 3.63) is 34.1 Å². The van der Waals surface area contributed by atoms with Crippen LogP contribution in [0.25, 0.3) is 0 Å². The third-order valence-corrected chi connectivity index (χ3v) is 4.26. The van der Waals surface area contributed by atoms with Gasteiger partial charge in [-0.05, 0) is 61.9 Å². The van der Waals surface area contributed by atoms with E-state index in [1.165, 1.54) is 31.7 Å². The number of rotatable bonds is 7. The molecule has 0 bridgehead atoms. The first kappa shape index (κ1) is 14.0. The highest BCUT2D eigenvalue weighted by atomic mass is 79.9. The second-order valence-electron chi connectivity index (χ2n) is 5.28. The van der Waals surface area contributed by atoms with Crippen molar-refractivity contribution in [3.8, 4) is 0 Å². The minimum atomic E-state index is -0.140. The molecule has 2 rings (SSSR count). The molecule has 1 aromatic carbocycles. The fraction of sp³-hybridized carbons (Fsp3) is 0.600. The Hall–Kier alpha value is -0.410. The molecule has 0 spiro atoms. The van der Waals surface area contributed by atoms with Crippen LogP contribution in [0.5, 0.6) is 0 Å². The van der Waals surface area contributed by atoms with Crippen LogP contribution in [0.2, 0.25) is 0 Å². The largest absolute Gasteiger partial charge is 0.314 e. The van der Waals surface area contributed by atoms with Gasteiger partial charge in [0.05, 0.1) is 0 Å². The maximum atomic E-state index is 13.3. The van der Waals surface area contributed by atoms with E-state index in [1.54, 1.807) is 6.07 Å². The van der Waals surface area contributed by atoms with Crippen molar-refractivity contribution in [3.63, 3.8) is 0 Å². The molecule has 1 aromatic rings. The monoisotopic (exact) mass is 313 g/mol. The lowest BCUT2D eigenvalue weighted by molar-refractivity contribution is 0.436. The van der Waals surface area contributed by atoms with Gasteiger partial charge in [-0.25, -0.2) is 4.39 Å². The first-order valence-electron chi connectivity index (χ1n) is 6.86. The zero-order chi connectivity index (χ0) is 13.0. The number of nitrogens with one attached hydrogen (secondary N) is 1. The van der Waals surface area contributed by atoms with Crippen LogP contribution in [-0.2, 0) is 6.42 Å². The number of hydrogen-bond donors (Lipinski definition) is 1. The third-order valence-electron chi connectivity index (χ3n) is 3.49. The number of halogens is 2. The molecular weight excluding hydrogens is 293 g/mol. The minimum Gasteiger partial charge on any atom is -0.314 e. The summed E-state index contributed by atoms with van der Waals surface area (Å²) < 4.78 is 14.3. The van der Waals surface area contributed by atoms with Crippen LogP contribution < -0.4 is 5.32 Å². The Morgan fingerprint density at radius 1 is 1.44 bits per heavy atom. The van der Waals surface area contributed by atoms with Crippen LogP contribution in [0.4, 0.5) is 4.39 Å². The van der Waals surface area contributed by atoms with Crippen LogP contribution in [0.15, 0.2) is 22.7 Å². The van der Waals surface area contributed by atoms with E-state index in [0.29, 0.717) is 5.92 Å². The van der Waals surface area contributed by atoms with Crippen molar-refractivity contribution < 1.29 is 4.39 Å². The molecule has 1 fully saturated rings. The lowest BCUT2D eigenvalue weighted by Gasteiger charge is -2.18. The first-order chi connectivity index (χ1) is 8.69. The molecular formula is C15H21BrFN. The summed E-state index contributed by atoms with van der Waals surface area (Å²) in [6, 6.07) is 5.72. The molecule has 0 amide bonds. The summed E-state index contributed by atoms with van der Waals surface area (Å²) in [5.41, 5.74) is 1.09. The highest BCUT2D eigenvalue weighted by molar-refractivity contribution is 9.10. The summed E-state index contributed by atoms with van der Waals surface area (Å²) in [4.78, 5) is 0. The summed E-state index contributed by atoms with van der Waals surface area (Å²) in [7, 11) is 0. The van der Waals surface area contributed by atoms with Gasteiger partial charge < -0.3 is 5.32 Å². The Morgan fingerprint density at radius 2 is 2.22 bits per heavy atom. The smallest absolute Gasteiger partial charge is 0.123 e. The van der Waals surface area contributed by atoms with E-state index in [-0.39, 0.29) is 5.82 Å². The van der Waals surface area contributed by atoms with Gasteiger partial charge in [-0.3, -0.25) is 0 Å². The molecule has 1 N–H and O–H groups in total. The molecule has 0 aromatic heterocycles. The first-order valence-corrected chi connectivity index (χ1v) is 7.65. The molecule has 1 nitrogen and oxygen atoms in total. The Kier molecular flexibility index (Phi) is 5.19. The SMILES string of the molecule is CCCC(CNC1CC1)Cc1cc(F)ccc1Br. The maximum Gasteiger partial charge on any atom is 0.123 e. The van der Waals surface area contributed by atoms with E-state index in [2.05, 4.69) is 28.2 Å². The predicted molar refractivity (Wildman–Crippen MR) is 77.2 cm³/mol. The van der Waals surface area contributed by atoms with Crippen molar-refractivity contribution in [1.82, 2.24) is 5.32 Å². The van der Waals surface area contributed by atoms with Crippen molar-refractivity contribution in [2.24, 2.45) is 5.92 Å². The van der Waals surface area contributed by atoms with Crippen molar-refractivity contribution in [1.29, 1.82) is 0 Å². The molecule has 0 heterocycles. The number of hydrogen-bond acceptors (Lipinski definition) is 1. The highest BCUT2D eigenvalue weighted by Crippen LogP contribution is 2.24. The van der Waals surface area contributed by atoms with Gasteiger partial charge in [0.15, 0.2) is 0 Å². The zero-order valence-corrected chi connectivity index (χ0v) is 12.5. The molecule has 1 unspecified atom stereocenters. The van der Waals surface area contributed by atoms with E-state index >= 15 is 0 Å². The zero-order valence-electron chi connectivity index (χ0n) is 10.9. The lowest BCUT2D eigenvalue weighted by Crippen LogP contribution is -2.26. The quantitative estimate of drug-likeness (QED) is 0.791. The Balaban J connectivity index is 1.94. The molecule has 1 aliphatic carbocycles. The van der Waals surface area contributed by atoms with E-state index in [9.17, 15) is 4.39 Å². The van der Waals surface area contributed by atoms with E-state index in [4.69, 9.17) is 0 Å². The van der Waals surface area contributed by atoms with Gasteiger partial charge in [0.1, 0.15) is 5.82 Å². The standard InChI is InChI=1S/C15H21BrFN/c1-2-3-11(10-18-14-5-6-14)8-12-9-13(17)4-7-15(12)16/h4,7,9,11,14,18H,2-3,5-6,8,10H2,1H3. The molecule has 0 aliphatic heterocycles. The molecule has 1 aliphatic rings. The van der Waals surface area contributed by atoms with E-state index < -0.39 is 0 Å². The van der Waals surface area contributed by atoms with Gasteiger partial charge in [0.2, 0.25) is 0 Å². The second kappa shape index (κ2) is 6.67. The molecule has 1 saturated carbocycles. The fourth-order valence-corrected chi connectivity index (χ4v) is 2.72. The summed E-state index contributed by atoms with van der Waals surface area (Å²) >= 11 is 3.52. The molecule has 0 radical (unpaired) electrons. The van der Waals surface area contributed by atoms with Gasteiger partial charge in [0.25, 0.3) is 0 Å². The summed E-state index contributed by atoms with van der Waals surface area (Å²) in [6.45, 7) is 3.27. The molecule has 3 heteroatoms. The third kappa shape index (κ3) is 4.36. The molecule has 100 valence electrons. The van der Waals surface area contributed by atoms with Crippen molar-refractivity contribution >= 4 is 15.9 Å². The van der Waals surface area contributed by atoms with Crippen LogP contribution in [-0.4, -0.2) is 12.6 Å². The summed E-state index contributed by atoms with van der Waals surface area (Å²) in [6.07, 6.45) is 5.98. The Labute approximate surface area is 117 Å². The predicted octanol–water partition coefficient (Wildman–Crippen LogP) is 4.30. The normalized spacial score (nSPS) is 16.8. The summed E-state index contributed by atoms with van der Waals surface area (Å²) in [5.74, 6) is 0.465. The highest BCUT2D eigenvalue weighted by Gasteiger charge is 2.22. The average molecular weight is 314 g/mol. The van der Waals surface area contributed by atoms with Gasteiger partial charge in [0, 0.05) is 10.5 Å². The molecule has 18 heavy (non-hydrogen) atoms. The average Bonchev–Trinajstić information content (AvgIpc) is 3.15. The van der Waals surface area contributed by atoms with Crippen LogP contribution >= 0.6 is 15.9 Å². The van der Waals surface area contributed by atoms with Crippen molar-refractivity contribution in [2.75, 3.05) is 6.54 Å². The maximum absolute atomic E-state index is 13.3. The number of benzene rings is 1. The second-order valence-corrected chi connectivity index (χ2v) is 6.13. The van der Waals surface area contributed by atoms with Crippen LogP contribution in [0, 0.1) is 11.7 Å². The van der Waals surface area contributed by atoms with Crippen LogP contribution in [0.1, 0.15) is 38.2 Å². The Morgan fingerprint density at radius 3 is 2.89 bits per heavy atom. The van der Waals surface area contributed by atoms with Gasteiger partial charge in [-0.2, -0.15) is 0 Å². The van der Waals surface area contributed by atoms with Crippen LogP contribution in [0.3, 0.4) is 0 Å². The Bertz CT molecular complexity index is 390. The molecule has 1 atom stereocenters. The van der Waals surface area contributed by atoms with E-state index in [1.807, 2.05) is 6.07 Å². The van der Waals surface area contributed by atoms with Gasteiger partial charge in [-0.1, -0.05) is 29.3 Å². The summed E-state index contributed by atoms with van der Waals surface area (Å²) in [5, 5.41) is 3.59. The minimum absolute atomic E-state index is 0.140. The molecule has 0 saturated heterocycles. The van der Waals surface area contributed by atoms with Gasteiger partial charge >= 0.3 is 0 Å². The van der Waals surface area contributed by atoms with E-state index in [0.717, 1.165) is 29.0 Å². The lowest BCUT2D eigenvalue weighted by atomic mass is 9.95. The topological polar surface area (TPSA) is 12.0 Å².